The van der Waals surface area contributed by atoms with E-state index in [1.807, 2.05) is 12.1 Å². The molecule has 8 heteroatoms. The van der Waals surface area contributed by atoms with Gasteiger partial charge in [-0.25, -0.2) is 9.07 Å². The Bertz CT molecular complexity index is 1090. The van der Waals surface area contributed by atoms with Gasteiger partial charge in [0, 0.05) is 16.5 Å². The molecular formula is C18H12BrFN4OS. The zero-order valence-electron chi connectivity index (χ0n) is 13.3. The highest BCUT2D eigenvalue weighted by molar-refractivity contribution is 9.11. The number of hydrogen-bond acceptors (Lipinski definition) is 4. The highest BCUT2D eigenvalue weighted by atomic mass is 79.9. The first-order valence-electron chi connectivity index (χ1n) is 7.72. The SMILES string of the molecule is O=C(NCc1ccc(Br)s1)c1cncc2c1cnn2-c1ccc(F)cc1. The highest BCUT2D eigenvalue weighted by Crippen LogP contribution is 2.23. The number of rotatable bonds is 4. The van der Waals surface area contributed by atoms with Crippen LogP contribution >= 0.6 is 27.3 Å². The van der Waals surface area contributed by atoms with E-state index in [1.54, 1.807) is 40.5 Å². The van der Waals surface area contributed by atoms with Crippen LogP contribution in [0, 0.1) is 5.82 Å². The molecule has 0 aliphatic rings. The van der Waals surface area contributed by atoms with E-state index >= 15 is 0 Å². The summed E-state index contributed by atoms with van der Waals surface area (Å²) in [5.74, 6) is -0.533. The van der Waals surface area contributed by atoms with Crippen molar-refractivity contribution in [3.63, 3.8) is 0 Å². The molecule has 0 atom stereocenters. The Morgan fingerprint density at radius 1 is 1.15 bits per heavy atom. The van der Waals surface area contributed by atoms with Crippen molar-refractivity contribution in [3.8, 4) is 5.69 Å². The third kappa shape index (κ3) is 3.25. The zero-order valence-corrected chi connectivity index (χ0v) is 15.7. The topological polar surface area (TPSA) is 59.8 Å². The summed E-state index contributed by atoms with van der Waals surface area (Å²) in [5.41, 5.74) is 1.83. The van der Waals surface area contributed by atoms with Crippen LogP contribution in [0.4, 0.5) is 4.39 Å². The van der Waals surface area contributed by atoms with Crippen LogP contribution < -0.4 is 5.32 Å². The van der Waals surface area contributed by atoms with Gasteiger partial charge < -0.3 is 5.32 Å². The zero-order chi connectivity index (χ0) is 18.1. The molecule has 0 unspecified atom stereocenters. The lowest BCUT2D eigenvalue weighted by Crippen LogP contribution is -2.22. The molecule has 0 bridgehead atoms. The van der Waals surface area contributed by atoms with Crippen molar-refractivity contribution >= 4 is 44.1 Å². The molecule has 3 aromatic heterocycles. The number of halogens is 2. The van der Waals surface area contributed by atoms with Gasteiger partial charge in [0.05, 0.1) is 39.5 Å². The summed E-state index contributed by atoms with van der Waals surface area (Å²) in [7, 11) is 0. The summed E-state index contributed by atoms with van der Waals surface area (Å²) in [4.78, 5) is 17.8. The van der Waals surface area contributed by atoms with Crippen LogP contribution in [0.5, 0.6) is 0 Å². The summed E-state index contributed by atoms with van der Waals surface area (Å²) in [6.45, 7) is 0.442. The largest absolute Gasteiger partial charge is 0.347 e. The second-order valence-electron chi connectivity index (χ2n) is 5.54. The van der Waals surface area contributed by atoms with Gasteiger partial charge in [-0.1, -0.05) is 0 Å². The van der Waals surface area contributed by atoms with Crippen molar-refractivity contribution in [2.24, 2.45) is 0 Å². The van der Waals surface area contributed by atoms with E-state index in [1.165, 1.54) is 18.3 Å². The minimum atomic E-state index is -0.316. The molecule has 0 spiro atoms. The summed E-state index contributed by atoms with van der Waals surface area (Å²) < 4.78 is 15.8. The van der Waals surface area contributed by atoms with Gasteiger partial charge in [0.25, 0.3) is 5.91 Å². The van der Waals surface area contributed by atoms with E-state index in [4.69, 9.17) is 0 Å². The van der Waals surface area contributed by atoms with Gasteiger partial charge in [-0.3, -0.25) is 9.78 Å². The van der Waals surface area contributed by atoms with Gasteiger partial charge in [0.2, 0.25) is 0 Å². The van der Waals surface area contributed by atoms with E-state index in [2.05, 4.69) is 31.3 Å². The fourth-order valence-electron chi connectivity index (χ4n) is 2.62. The molecule has 0 saturated heterocycles. The third-order valence-electron chi connectivity index (χ3n) is 3.86. The number of amides is 1. The quantitative estimate of drug-likeness (QED) is 0.524. The molecule has 26 heavy (non-hydrogen) atoms. The second-order valence-corrected chi connectivity index (χ2v) is 8.09. The number of nitrogens with zero attached hydrogens (tertiary/aromatic N) is 3. The van der Waals surface area contributed by atoms with Crippen LogP contribution in [0.3, 0.4) is 0 Å². The fourth-order valence-corrected chi connectivity index (χ4v) is 4.04. The van der Waals surface area contributed by atoms with E-state index < -0.39 is 0 Å². The number of pyridine rings is 1. The Labute approximate surface area is 160 Å². The van der Waals surface area contributed by atoms with Crippen molar-refractivity contribution in [3.05, 3.63) is 75.0 Å². The predicted octanol–water partition coefficient (Wildman–Crippen LogP) is 4.31. The molecule has 0 radical (unpaired) electrons. The van der Waals surface area contributed by atoms with Crippen LogP contribution in [0.1, 0.15) is 15.2 Å². The minimum absolute atomic E-state index is 0.216. The summed E-state index contributed by atoms with van der Waals surface area (Å²) >= 11 is 4.98. The van der Waals surface area contributed by atoms with Crippen LogP contribution in [-0.2, 0) is 6.54 Å². The first-order valence-corrected chi connectivity index (χ1v) is 9.33. The lowest BCUT2D eigenvalue weighted by atomic mass is 10.2. The van der Waals surface area contributed by atoms with E-state index in [-0.39, 0.29) is 11.7 Å². The first kappa shape index (κ1) is 16.9. The van der Waals surface area contributed by atoms with Gasteiger partial charge >= 0.3 is 0 Å². The molecule has 1 amide bonds. The van der Waals surface area contributed by atoms with Gasteiger partial charge in [0.15, 0.2) is 0 Å². The Kier molecular flexibility index (Phi) is 4.52. The molecule has 4 aromatic rings. The smallest absolute Gasteiger partial charge is 0.253 e. The summed E-state index contributed by atoms with van der Waals surface area (Å²) in [6.07, 6.45) is 4.79. The molecule has 4 rings (SSSR count). The fraction of sp³-hybridized carbons (Fsp3) is 0.0556. The van der Waals surface area contributed by atoms with Crippen molar-refractivity contribution in [1.29, 1.82) is 0 Å². The van der Waals surface area contributed by atoms with Crippen LogP contribution in [0.2, 0.25) is 0 Å². The van der Waals surface area contributed by atoms with Gasteiger partial charge in [-0.05, 0) is 52.3 Å². The average Bonchev–Trinajstić information content (AvgIpc) is 3.26. The van der Waals surface area contributed by atoms with Gasteiger partial charge in [-0.15, -0.1) is 11.3 Å². The Morgan fingerprint density at radius 2 is 1.96 bits per heavy atom. The minimum Gasteiger partial charge on any atom is -0.347 e. The number of carbonyl (C=O) groups excluding carboxylic acids is 1. The molecule has 0 aliphatic heterocycles. The number of benzene rings is 1. The number of carbonyl (C=O) groups is 1. The van der Waals surface area contributed by atoms with Crippen molar-refractivity contribution in [1.82, 2.24) is 20.1 Å². The van der Waals surface area contributed by atoms with Crippen LogP contribution in [0.25, 0.3) is 16.6 Å². The molecular weight excluding hydrogens is 419 g/mol. The maximum atomic E-state index is 13.1. The van der Waals surface area contributed by atoms with Crippen molar-refractivity contribution in [2.75, 3.05) is 0 Å². The Morgan fingerprint density at radius 3 is 2.69 bits per heavy atom. The van der Waals surface area contributed by atoms with Crippen molar-refractivity contribution < 1.29 is 9.18 Å². The summed E-state index contributed by atoms with van der Waals surface area (Å²) in [5, 5.41) is 7.92. The number of aromatic nitrogens is 3. The molecule has 0 aliphatic carbocycles. The van der Waals surface area contributed by atoms with Crippen LogP contribution in [0.15, 0.2) is 58.8 Å². The van der Waals surface area contributed by atoms with E-state index in [0.717, 1.165) is 8.66 Å². The first-order chi connectivity index (χ1) is 12.6. The Hall–Kier alpha value is -2.58. The lowest BCUT2D eigenvalue weighted by molar-refractivity contribution is 0.0952. The third-order valence-corrected chi connectivity index (χ3v) is 5.49. The normalized spacial score (nSPS) is 11.0. The van der Waals surface area contributed by atoms with Gasteiger partial charge in [-0.2, -0.15) is 5.10 Å². The second kappa shape index (κ2) is 6.97. The lowest BCUT2D eigenvalue weighted by Gasteiger charge is -2.06. The number of thiophene rings is 1. The average molecular weight is 431 g/mol. The molecule has 1 N–H and O–H groups in total. The maximum Gasteiger partial charge on any atom is 0.253 e. The summed E-state index contributed by atoms with van der Waals surface area (Å²) in [6, 6.07) is 9.89. The highest BCUT2D eigenvalue weighted by Gasteiger charge is 2.15. The molecule has 3 heterocycles. The maximum absolute atomic E-state index is 13.1. The molecule has 130 valence electrons. The monoisotopic (exact) mass is 430 g/mol. The predicted molar refractivity (Wildman–Crippen MR) is 102 cm³/mol. The number of nitrogens with one attached hydrogen (secondary N) is 1. The molecule has 0 fully saturated rings. The van der Waals surface area contributed by atoms with Crippen molar-refractivity contribution in [2.45, 2.75) is 6.54 Å². The number of fused-ring (bicyclic) bond motifs is 1. The van der Waals surface area contributed by atoms with Gasteiger partial charge in [0.1, 0.15) is 5.82 Å². The molecule has 1 aromatic carbocycles. The van der Waals surface area contributed by atoms with E-state index in [9.17, 15) is 9.18 Å². The molecule has 0 saturated carbocycles. The van der Waals surface area contributed by atoms with E-state index in [0.29, 0.717) is 28.7 Å². The van der Waals surface area contributed by atoms with Crippen LogP contribution in [-0.4, -0.2) is 20.7 Å². The standard InChI is InChI=1S/C18H12BrFN4OS/c19-17-6-5-13(26-17)7-22-18(25)15-8-21-10-16-14(15)9-23-24(16)12-3-1-11(20)2-4-12/h1-6,8-10H,7H2,(H,22,25). The Balaban J connectivity index is 1.63. The molecule has 5 nitrogen and oxygen atoms in total. The number of hydrogen-bond donors (Lipinski definition) is 1.